The third kappa shape index (κ3) is 48.7. The predicted molar refractivity (Wildman–Crippen MR) is 317 cm³/mol. The number of carbonyl (C=O) groups excluding carboxylic acids is 2. The fourth-order valence-corrected chi connectivity index (χ4v) is 10.7. The van der Waals surface area contributed by atoms with Crippen molar-refractivity contribution in [2.24, 2.45) is 17.8 Å². The number of rotatable bonds is 55. The van der Waals surface area contributed by atoms with Crippen LogP contribution in [0.15, 0.2) is 48.6 Å². The Labute approximate surface area is 450 Å². The first-order valence-electron chi connectivity index (χ1n) is 31.3. The van der Waals surface area contributed by atoms with Gasteiger partial charge in [-0.25, -0.2) is 0 Å². The smallest absolute Gasteiger partial charge is 0.305 e. The maximum atomic E-state index is 12.1. The third-order valence-corrected chi connectivity index (χ3v) is 15.3. The van der Waals surface area contributed by atoms with Crippen LogP contribution in [0.2, 0.25) is 0 Å². The molecule has 4 atom stereocenters. The number of hydrogen-bond donors (Lipinski definition) is 0. The Morgan fingerprint density at radius 1 is 0.417 bits per heavy atom. The van der Waals surface area contributed by atoms with Crippen LogP contribution in [0.3, 0.4) is 0 Å². The lowest BCUT2D eigenvalue weighted by Crippen LogP contribution is -2.37. The van der Waals surface area contributed by atoms with Crippen molar-refractivity contribution in [3.8, 4) is 0 Å². The van der Waals surface area contributed by atoms with Crippen molar-refractivity contribution in [1.29, 1.82) is 0 Å². The largest absolute Gasteiger partial charge is 0.469 e. The highest BCUT2D eigenvalue weighted by Gasteiger charge is 2.27. The zero-order chi connectivity index (χ0) is 52.8. The average molecular weight is 1010 g/mol. The van der Waals surface area contributed by atoms with Crippen LogP contribution in [0.4, 0.5) is 0 Å². The molecule has 0 radical (unpaired) electrons. The molecule has 4 unspecified atom stereocenters. The van der Waals surface area contributed by atoms with Gasteiger partial charge in [-0.2, -0.15) is 0 Å². The third-order valence-electron chi connectivity index (χ3n) is 15.3. The molecule has 0 aliphatic heterocycles. The van der Waals surface area contributed by atoms with E-state index in [1.54, 1.807) is 0 Å². The zero-order valence-corrected chi connectivity index (χ0v) is 49.6. The molecular weight excluding hydrogens is 885 g/mol. The lowest BCUT2D eigenvalue weighted by Gasteiger charge is -2.36. The van der Waals surface area contributed by atoms with Gasteiger partial charge in [0.1, 0.15) is 0 Å². The molecule has 0 N–H and O–H groups in total. The first-order chi connectivity index (χ1) is 35.2. The molecule has 0 saturated heterocycles. The molecule has 0 fully saturated rings. The van der Waals surface area contributed by atoms with E-state index >= 15 is 0 Å². The number of ether oxygens (including phenoxy) is 2. The van der Waals surface area contributed by atoms with E-state index in [0.717, 1.165) is 50.4 Å². The lowest BCUT2D eigenvalue weighted by atomic mass is 9.78. The average Bonchev–Trinajstić information content (AvgIpc) is 3.36. The molecule has 0 heterocycles. The van der Waals surface area contributed by atoms with E-state index in [0.29, 0.717) is 31.4 Å². The molecule has 0 aromatic rings. The highest BCUT2D eigenvalue weighted by Crippen LogP contribution is 2.34. The van der Waals surface area contributed by atoms with Crippen LogP contribution >= 0.6 is 0 Å². The first kappa shape index (κ1) is 69.8. The van der Waals surface area contributed by atoms with E-state index in [1.165, 1.54) is 232 Å². The van der Waals surface area contributed by atoms with Crippen molar-refractivity contribution in [2.45, 2.75) is 296 Å². The number of hydrogen-bond acceptors (Lipinski definition) is 6. The molecule has 422 valence electrons. The maximum absolute atomic E-state index is 12.1. The molecule has 0 amide bonds. The van der Waals surface area contributed by atoms with Gasteiger partial charge in [0.25, 0.3) is 0 Å². The Hall–Kier alpha value is -2.18. The first-order valence-corrected chi connectivity index (χ1v) is 31.3. The topological polar surface area (TPSA) is 59.1 Å². The summed E-state index contributed by atoms with van der Waals surface area (Å²) in [5.74, 6) is 2.02. The van der Waals surface area contributed by atoms with Crippen molar-refractivity contribution >= 4 is 11.9 Å². The summed E-state index contributed by atoms with van der Waals surface area (Å²) in [7, 11) is 10.7. The quantitative estimate of drug-likeness (QED) is 0.0344. The van der Waals surface area contributed by atoms with Gasteiger partial charge >= 0.3 is 11.9 Å². The molecule has 72 heavy (non-hydrogen) atoms. The zero-order valence-electron chi connectivity index (χ0n) is 49.6. The standard InChI is InChI=1S/C66H124N2O4/c1-9-12-14-16-18-20-22-24-26-28-30-32-34-36-38-40-44-50-61(58-59-67(4)5)56-57-63(53-48-49-54-65(69)71-8)64(68(6)7)60-62(52-46-42-43-47-55-66(70)72-11-3)51-45-41-39-37-35-33-31-29-27-25-23-21-19-17-15-13-10-2/h18-21,24-27,61-64H,9-17,22-23,28-60H2,1-8H3. The molecule has 0 saturated carbocycles. The molecule has 0 bridgehead atoms. The van der Waals surface area contributed by atoms with Gasteiger partial charge in [-0.15, -0.1) is 0 Å². The summed E-state index contributed by atoms with van der Waals surface area (Å²) in [4.78, 5) is 29.1. The second kappa shape index (κ2) is 55.1. The summed E-state index contributed by atoms with van der Waals surface area (Å²) in [6.45, 7) is 8.09. The molecule has 0 spiro atoms. The maximum Gasteiger partial charge on any atom is 0.305 e. The number of methoxy groups -OCH3 is 1. The Bertz CT molecular complexity index is 1270. The number of allylic oxidation sites excluding steroid dienone is 8. The van der Waals surface area contributed by atoms with Gasteiger partial charge in [0.05, 0.1) is 13.7 Å². The van der Waals surface area contributed by atoms with E-state index in [4.69, 9.17) is 9.47 Å². The monoisotopic (exact) mass is 1010 g/mol. The number of esters is 2. The minimum Gasteiger partial charge on any atom is -0.469 e. The SMILES string of the molecule is CCCCCC=CCC=CCCCCCCCCCC(CCC(CCCCC(=O)OC)C(CC(CCCCCCCCCC=CCC=CCCCCC)CCCCCCC(=O)OCC)N(C)C)CCN(C)C. The van der Waals surface area contributed by atoms with Gasteiger partial charge in [0.2, 0.25) is 0 Å². The van der Waals surface area contributed by atoms with Crippen molar-refractivity contribution < 1.29 is 19.1 Å². The van der Waals surface area contributed by atoms with E-state index in [9.17, 15) is 9.59 Å². The highest BCUT2D eigenvalue weighted by atomic mass is 16.5. The predicted octanol–water partition coefficient (Wildman–Crippen LogP) is 19.7. The van der Waals surface area contributed by atoms with Gasteiger partial charge in [0, 0.05) is 18.9 Å². The minimum absolute atomic E-state index is 0.0453. The van der Waals surface area contributed by atoms with Gasteiger partial charge < -0.3 is 19.3 Å². The second-order valence-corrected chi connectivity index (χ2v) is 22.5. The Morgan fingerprint density at radius 2 is 0.819 bits per heavy atom. The molecule has 6 heteroatoms. The summed E-state index contributed by atoms with van der Waals surface area (Å²) in [5.41, 5.74) is 0. The van der Waals surface area contributed by atoms with Crippen LogP contribution in [0.25, 0.3) is 0 Å². The minimum atomic E-state index is -0.0741. The molecule has 0 aliphatic carbocycles. The van der Waals surface area contributed by atoms with Crippen LogP contribution in [0.5, 0.6) is 0 Å². The molecule has 0 rings (SSSR count). The van der Waals surface area contributed by atoms with Crippen LogP contribution in [-0.4, -0.2) is 76.2 Å². The normalized spacial score (nSPS) is 14.0. The van der Waals surface area contributed by atoms with Crippen LogP contribution in [0.1, 0.15) is 290 Å². The molecule has 0 aromatic heterocycles. The van der Waals surface area contributed by atoms with Crippen LogP contribution < -0.4 is 0 Å². The second-order valence-electron chi connectivity index (χ2n) is 22.5. The summed E-state index contributed by atoms with van der Waals surface area (Å²) >= 11 is 0. The van der Waals surface area contributed by atoms with Gasteiger partial charge in [-0.05, 0) is 162 Å². The van der Waals surface area contributed by atoms with Gasteiger partial charge in [0.15, 0.2) is 0 Å². The Kier molecular flexibility index (Phi) is 53.4. The fraction of sp³-hybridized carbons (Fsp3) is 0.848. The molecule has 6 nitrogen and oxygen atoms in total. The number of nitrogens with zero attached hydrogens (tertiary/aromatic N) is 2. The van der Waals surface area contributed by atoms with Crippen LogP contribution in [0, 0.1) is 17.8 Å². The molecular formula is C66H124N2O4. The number of carbonyl (C=O) groups is 2. The lowest BCUT2D eigenvalue weighted by molar-refractivity contribution is -0.143. The van der Waals surface area contributed by atoms with Crippen molar-refractivity contribution in [3.05, 3.63) is 48.6 Å². The summed E-state index contributed by atoms with van der Waals surface area (Å²) in [6.07, 6.45) is 71.0. The molecule has 0 aromatic carbocycles. The van der Waals surface area contributed by atoms with Crippen molar-refractivity contribution in [3.63, 3.8) is 0 Å². The fourth-order valence-electron chi connectivity index (χ4n) is 10.7. The molecule has 0 aliphatic rings. The van der Waals surface area contributed by atoms with Crippen molar-refractivity contribution in [2.75, 3.05) is 48.5 Å². The van der Waals surface area contributed by atoms with E-state index in [-0.39, 0.29) is 11.9 Å². The van der Waals surface area contributed by atoms with Crippen molar-refractivity contribution in [1.82, 2.24) is 9.80 Å². The van der Waals surface area contributed by atoms with Gasteiger partial charge in [-0.1, -0.05) is 217 Å². The Morgan fingerprint density at radius 3 is 1.26 bits per heavy atom. The van der Waals surface area contributed by atoms with E-state index in [1.807, 2.05) is 6.92 Å². The number of unbranched alkanes of at least 4 members (excludes halogenated alkanes) is 24. The summed E-state index contributed by atoms with van der Waals surface area (Å²) in [5, 5.41) is 0. The van der Waals surface area contributed by atoms with Crippen LogP contribution in [-0.2, 0) is 19.1 Å². The summed E-state index contributed by atoms with van der Waals surface area (Å²) < 4.78 is 10.2. The summed E-state index contributed by atoms with van der Waals surface area (Å²) in [6, 6.07) is 0.551. The van der Waals surface area contributed by atoms with E-state index in [2.05, 4.69) is 100 Å². The highest BCUT2D eigenvalue weighted by molar-refractivity contribution is 5.69. The van der Waals surface area contributed by atoms with Gasteiger partial charge in [-0.3, -0.25) is 9.59 Å². The Balaban J connectivity index is 5.41. The van der Waals surface area contributed by atoms with E-state index < -0.39 is 0 Å².